The molecule has 5 heteroatoms. The maximum atomic E-state index is 10.7. The molecule has 0 aliphatic heterocycles. The summed E-state index contributed by atoms with van der Waals surface area (Å²) < 4.78 is 4.84. The van der Waals surface area contributed by atoms with Gasteiger partial charge in [0.2, 0.25) is 0 Å². The molecule has 0 N–H and O–H groups in total. The van der Waals surface area contributed by atoms with Crippen LogP contribution in [0, 0.1) is 0 Å². The van der Waals surface area contributed by atoms with Gasteiger partial charge in [0.15, 0.2) is 0 Å². The highest BCUT2D eigenvalue weighted by Crippen LogP contribution is 2.06. The predicted octanol–water partition coefficient (Wildman–Crippen LogP) is 1.64. The van der Waals surface area contributed by atoms with Gasteiger partial charge >= 0.3 is 5.97 Å². The molecule has 0 spiro atoms. The molecule has 0 saturated heterocycles. The van der Waals surface area contributed by atoms with Crippen molar-refractivity contribution in [1.29, 1.82) is 0 Å². The van der Waals surface area contributed by atoms with E-state index >= 15 is 0 Å². The maximum absolute atomic E-state index is 10.7. The first-order valence-corrected chi connectivity index (χ1v) is 3.18. The fraction of sp³-hybridized carbons (Fsp3) is 0.833. The van der Waals surface area contributed by atoms with Gasteiger partial charge in [0.05, 0.1) is 0 Å². The molecule has 0 fully saturated rings. The van der Waals surface area contributed by atoms with Crippen molar-refractivity contribution in [3.05, 3.63) is 10.4 Å². The number of rotatable bonds is 2. The lowest BCUT2D eigenvalue weighted by Crippen LogP contribution is -2.25. The summed E-state index contributed by atoms with van der Waals surface area (Å²) in [4.78, 5) is 13.2. The van der Waals surface area contributed by atoms with Gasteiger partial charge in [0, 0.05) is 4.91 Å². The van der Waals surface area contributed by atoms with Crippen molar-refractivity contribution in [1.82, 2.24) is 0 Å². The Morgan fingerprint density at radius 1 is 1.64 bits per heavy atom. The molecule has 0 rings (SSSR count). The number of carbonyl (C=O) groups is 1. The first-order valence-electron chi connectivity index (χ1n) is 3.18. The van der Waals surface area contributed by atoms with Gasteiger partial charge in [-0.15, -0.1) is 0 Å². The lowest BCUT2D eigenvalue weighted by Gasteiger charge is -2.18. The summed E-state index contributed by atoms with van der Waals surface area (Å²) in [6.07, 6.45) is 0. The smallest absolute Gasteiger partial charge is 0.312 e. The van der Waals surface area contributed by atoms with Crippen molar-refractivity contribution in [2.24, 2.45) is 5.11 Å². The van der Waals surface area contributed by atoms with E-state index in [1.165, 1.54) is 0 Å². The van der Waals surface area contributed by atoms with Gasteiger partial charge in [0.25, 0.3) is 0 Å². The standard InChI is InChI=1S/C6H11N3O2/c1-6(2,3)11-5(10)4-8-9-7/h4H2,1-3H3. The quantitative estimate of drug-likeness (QED) is 0.264. The zero-order valence-corrected chi connectivity index (χ0v) is 6.87. The fourth-order valence-corrected chi connectivity index (χ4v) is 0.463. The van der Waals surface area contributed by atoms with Crippen LogP contribution in [-0.4, -0.2) is 18.1 Å². The zero-order valence-electron chi connectivity index (χ0n) is 6.87. The van der Waals surface area contributed by atoms with Gasteiger partial charge in [-0.1, -0.05) is 5.11 Å². The summed E-state index contributed by atoms with van der Waals surface area (Å²) in [6.45, 7) is 5.01. The molecule has 0 radical (unpaired) electrons. The number of carbonyl (C=O) groups excluding carboxylic acids is 1. The largest absolute Gasteiger partial charge is 0.460 e. The first-order chi connectivity index (χ1) is 4.95. The lowest BCUT2D eigenvalue weighted by molar-refractivity contribution is -0.152. The van der Waals surface area contributed by atoms with Crippen LogP contribution < -0.4 is 0 Å². The SMILES string of the molecule is CC(C)(C)OC(=O)CN=[N+]=[N-]. The molecule has 0 aliphatic rings. The second-order valence-electron chi connectivity index (χ2n) is 2.98. The van der Waals surface area contributed by atoms with E-state index in [1.807, 2.05) is 0 Å². The van der Waals surface area contributed by atoms with Crippen molar-refractivity contribution in [3.8, 4) is 0 Å². The van der Waals surface area contributed by atoms with Gasteiger partial charge in [-0.3, -0.25) is 4.79 Å². The van der Waals surface area contributed by atoms with Crippen LogP contribution in [0.1, 0.15) is 20.8 Å². The highest BCUT2D eigenvalue weighted by Gasteiger charge is 2.14. The van der Waals surface area contributed by atoms with E-state index in [4.69, 9.17) is 10.3 Å². The van der Waals surface area contributed by atoms with E-state index in [1.54, 1.807) is 20.8 Å². The molecular formula is C6H11N3O2. The maximum Gasteiger partial charge on any atom is 0.312 e. The van der Waals surface area contributed by atoms with Crippen LogP contribution in [0.15, 0.2) is 5.11 Å². The molecule has 0 heterocycles. The summed E-state index contributed by atoms with van der Waals surface area (Å²) in [7, 11) is 0. The molecule has 62 valence electrons. The Labute approximate surface area is 65.0 Å². The average Bonchev–Trinajstić information content (AvgIpc) is 1.79. The van der Waals surface area contributed by atoms with E-state index in [2.05, 4.69) is 10.0 Å². The summed E-state index contributed by atoms with van der Waals surface area (Å²) in [5.41, 5.74) is 7.35. The Hall–Kier alpha value is -1.22. The lowest BCUT2D eigenvalue weighted by atomic mass is 10.2. The third-order valence-electron chi connectivity index (χ3n) is 0.683. The van der Waals surface area contributed by atoms with Crippen molar-refractivity contribution >= 4 is 5.97 Å². The van der Waals surface area contributed by atoms with Gasteiger partial charge in [0.1, 0.15) is 12.1 Å². The number of esters is 1. The van der Waals surface area contributed by atoms with Crippen molar-refractivity contribution in [2.45, 2.75) is 26.4 Å². The van der Waals surface area contributed by atoms with Crippen LogP contribution in [0.25, 0.3) is 10.4 Å². The Balaban J connectivity index is 3.79. The van der Waals surface area contributed by atoms with E-state index in [-0.39, 0.29) is 6.54 Å². The molecule has 0 aromatic rings. The van der Waals surface area contributed by atoms with Gasteiger partial charge < -0.3 is 4.74 Å². The number of hydrogen-bond acceptors (Lipinski definition) is 3. The molecule has 11 heavy (non-hydrogen) atoms. The Morgan fingerprint density at radius 2 is 2.18 bits per heavy atom. The molecule has 0 amide bonds. The van der Waals surface area contributed by atoms with Crippen LogP contribution in [0.3, 0.4) is 0 Å². The van der Waals surface area contributed by atoms with E-state index in [0.717, 1.165) is 0 Å². The molecule has 0 saturated carbocycles. The van der Waals surface area contributed by atoms with Gasteiger partial charge in [-0.2, -0.15) is 0 Å². The molecule has 0 bridgehead atoms. The summed E-state index contributed by atoms with van der Waals surface area (Å²) >= 11 is 0. The predicted molar refractivity (Wildman–Crippen MR) is 39.9 cm³/mol. The summed E-state index contributed by atoms with van der Waals surface area (Å²) in [5, 5.41) is 3.06. The van der Waals surface area contributed by atoms with Crippen molar-refractivity contribution in [3.63, 3.8) is 0 Å². The van der Waals surface area contributed by atoms with E-state index < -0.39 is 11.6 Å². The minimum atomic E-state index is -0.512. The Morgan fingerprint density at radius 3 is 2.55 bits per heavy atom. The molecule has 0 unspecified atom stereocenters. The van der Waals surface area contributed by atoms with Crippen LogP contribution in [-0.2, 0) is 9.53 Å². The molecule has 0 aliphatic carbocycles. The highest BCUT2D eigenvalue weighted by molar-refractivity contribution is 5.72. The van der Waals surface area contributed by atoms with Gasteiger partial charge in [-0.25, -0.2) is 0 Å². The zero-order chi connectivity index (χ0) is 8.91. The van der Waals surface area contributed by atoms with Crippen molar-refractivity contribution in [2.75, 3.05) is 6.54 Å². The second-order valence-corrected chi connectivity index (χ2v) is 2.98. The first kappa shape index (κ1) is 9.78. The minimum absolute atomic E-state index is 0.242. The average molecular weight is 157 g/mol. The normalized spacial score (nSPS) is 10.1. The number of azide groups is 1. The topological polar surface area (TPSA) is 75.1 Å². The monoisotopic (exact) mass is 157 g/mol. The highest BCUT2D eigenvalue weighted by atomic mass is 16.6. The second kappa shape index (κ2) is 3.83. The van der Waals surface area contributed by atoms with E-state index in [9.17, 15) is 4.79 Å². The third kappa shape index (κ3) is 6.67. The fourth-order valence-electron chi connectivity index (χ4n) is 0.463. The third-order valence-corrected chi connectivity index (χ3v) is 0.683. The molecule has 0 aromatic heterocycles. The molecule has 0 aromatic carbocycles. The van der Waals surface area contributed by atoms with Crippen molar-refractivity contribution < 1.29 is 9.53 Å². The van der Waals surface area contributed by atoms with Crippen LogP contribution in [0.4, 0.5) is 0 Å². The summed E-state index contributed by atoms with van der Waals surface area (Å²) in [6, 6.07) is 0. The summed E-state index contributed by atoms with van der Waals surface area (Å²) in [5.74, 6) is -0.504. The Kier molecular flexibility index (Phi) is 3.40. The van der Waals surface area contributed by atoms with Crippen LogP contribution in [0.2, 0.25) is 0 Å². The molecule has 0 atom stereocenters. The van der Waals surface area contributed by atoms with Crippen LogP contribution in [0.5, 0.6) is 0 Å². The molecule has 5 nitrogen and oxygen atoms in total. The number of nitrogens with zero attached hydrogens (tertiary/aromatic N) is 3. The van der Waals surface area contributed by atoms with Crippen LogP contribution >= 0.6 is 0 Å². The number of ether oxygens (including phenoxy) is 1. The van der Waals surface area contributed by atoms with E-state index in [0.29, 0.717) is 0 Å². The minimum Gasteiger partial charge on any atom is -0.460 e. The molecular weight excluding hydrogens is 146 g/mol. The number of hydrogen-bond donors (Lipinski definition) is 0. The van der Waals surface area contributed by atoms with Gasteiger partial charge in [-0.05, 0) is 26.3 Å². The Bertz CT molecular complexity index is 188.